The van der Waals surface area contributed by atoms with Crippen molar-refractivity contribution < 1.29 is 39.9 Å². The second-order valence-electron chi connectivity index (χ2n) is 3.91. The van der Waals surface area contributed by atoms with Gasteiger partial charge in [-0.15, -0.1) is 0 Å². The van der Waals surface area contributed by atoms with Gasteiger partial charge in [0.1, 0.15) is 12.1 Å². The first-order valence-corrected chi connectivity index (χ1v) is 5.81. The molecule has 11 heteroatoms. The summed E-state index contributed by atoms with van der Waals surface area (Å²) in [7, 11) is 0. The van der Waals surface area contributed by atoms with Crippen molar-refractivity contribution in [1.29, 1.82) is 0 Å². The van der Waals surface area contributed by atoms with Crippen LogP contribution < -0.4 is 16.8 Å². The maximum Gasteiger partial charge on any atom is 0.322 e. The molecule has 1 aliphatic heterocycles. The van der Waals surface area contributed by atoms with Gasteiger partial charge in [-0.2, -0.15) is 0 Å². The molecule has 10 N–H and O–H groups in total. The molecule has 21 heavy (non-hydrogen) atoms. The highest BCUT2D eigenvalue weighted by atomic mass is 16.4. The van der Waals surface area contributed by atoms with Gasteiger partial charge in [0.05, 0.1) is 19.3 Å². The Kier molecular flexibility index (Phi) is 12.3. The smallest absolute Gasteiger partial charge is 0.322 e. The van der Waals surface area contributed by atoms with Crippen LogP contribution in [0.4, 0.5) is 0 Å². The Morgan fingerprint density at radius 1 is 1.24 bits per heavy atom. The van der Waals surface area contributed by atoms with Crippen molar-refractivity contribution in [3.05, 3.63) is 0 Å². The summed E-state index contributed by atoms with van der Waals surface area (Å²) in [5, 5.41) is 43.3. The molecular formula is C10H21N3O8. The minimum atomic E-state index is -1.18. The number of β-amino-alcohol motifs (C(OH)–C–C–N with tert-alkyl or cyclic N) is 1. The summed E-state index contributed by atoms with van der Waals surface area (Å²) in [5.74, 6) is -3.03. The van der Waals surface area contributed by atoms with Crippen LogP contribution in [0.5, 0.6) is 0 Å². The van der Waals surface area contributed by atoms with E-state index in [0.717, 1.165) is 0 Å². The minimum Gasteiger partial charge on any atom is -0.480 e. The number of aliphatic hydroxyl groups is 2. The van der Waals surface area contributed by atoms with E-state index in [2.05, 4.69) is 11.1 Å². The Morgan fingerprint density at radius 2 is 1.71 bits per heavy atom. The molecule has 0 radical (unpaired) electrons. The molecule has 1 rings (SSSR count). The number of rotatable bonds is 4. The molecule has 0 unspecified atom stereocenters. The normalized spacial score (nSPS) is 21.1. The second-order valence-corrected chi connectivity index (χ2v) is 3.91. The highest BCUT2D eigenvalue weighted by Gasteiger charge is 2.27. The molecule has 0 aromatic carbocycles. The molecule has 0 amide bonds. The van der Waals surface area contributed by atoms with E-state index in [1.54, 1.807) is 0 Å². The van der Waals surface area contributed by atoms with Crippen molar-refractivity contribution in [2.45, 2.75) is 24.6 Å². The van der Waals surface area contributed by atoms with E-state index in [-0.39, 0.29) is 6.54 Å². The van der Waals surface area contributed by atoms with Gasteiger partial charge in [-0.3, -0.25) is 14.4 Å². The van der Waals surface area contributed by atoms with Crippen molar-refractivity contribution in [3.8, 4) is 0 Å². The van der Waals surface area contributed by atoms with Gasteiger partial charge >= 0.3 is 17.9 Å². The van der Waals surface area contributed by atoms with Crippen LogP contribution in [0.3, 0.4) is 0 Å². The molecular weight excluding hydrogens is 290 g/mol. The van der Waals surface area contributed by atoms with Crippen LogP contribution in [0.2, 0.25) is 0 Å². The van der Waals surface area contributed by atoms with Crippen LogP contribution in [-0.2, 0) is 14.4 Å². The number of carboxylic acid groups (broad SMARTS) is 3. The second kappa shape index (κ2) is 12.0. The summed E-state index contributed by atoms with van der Waals surface area (Å²) < 4.78 is 0. The molecule has 0 bridgehead atoms. The minimum absolute atomic E-state index is 0.278. The van der Waals surface area contributed by atoms with Gasteiger partial charge < -0.3 is 42.3 Å². The topological polar surface area (TPSA) is 216 Å². The standard InChI is InChI=1S/C5H9NO3.C3H7NO3.C2H5NO2/c7-3-1-4(5(8)9)6-2-3;4-2(1-5)3(6)7;3-1-2(4)5/h3-4,6-7H,1-2H2,(H,8,9);2,5H,1,4H2,(H,6,7);1,3H2,(H,4,5)/t3-,4+;2-;/m10./s1. The zero-order valence-electron chi connectivity index (χ0n) is 11.2. The third kappa shape index (κ3) is 13.0. The lowest BCUT2D eigenvalue weighted by Gasteiger charge is -1.99. The number of aliphatic hydroxyl groups excluding tert-OH is 2. The van der Waals surface area contributed by atoms with Gasteiger partial charge in [0.2, 0.25) is 0 Å². The van der Waals surface area contributed by atoms with E-state index in [9.17, 15) is 14.4 Å². The number of nitrogens with two attached hydrogens (primary N) is 2. The monoisotopic (exact) mass is 311 g/mol. The maximum absolute atomic E-state index is 10.2. The molecule has 0 aromatic rings. The van der Waals surface area contributed by atoms with E-state index in [1.807, 2.05) is 0 Å². The summed E-state index contributed by atoms with van der Waals surface area (Å²) in [6.07, 6.45) is -0.152. The van der Waals surface area contributed by atoms with Crippen LogP contribution in [0.1, 0.15) is 6.42 Å². The molecule has 1 heterocycles. The molecule has 1 aliphatic rings. The maximum atomic E-state index is 10.2. The molecule has 1 saturated heterocycles. The molecule has 0 aromatic heterocycles. The van der Waals surface area contributed by atoms with E-state index < -0.39 is 42.7 Å². The number of aliphatic carboxylic acids is 3. The Bertz CT molecular complexity index is 338. The van der Waals surface area contributed by atoms with Crippen LogP contribution in [0, 0.1) is 0 Å². The first-order valence-electron chi connectivity index (χ1n) is 5.81. The lowest BCUT2D eigenvalue weighted by Crippen LogP contribution is -2.33. The average Bonchev–Trinajstić information content (AvgIpc) is 2.86. The molecule has 124 valence electrons. The first kappa shape index (κ1) is 21.5. The van der Waals surface area contributed by atoms with Crippen LogP contribution in [-0.4, -0.2) is 81.3 Å². The summed E-state index contributed by atoms with van der Waals surface area (Å²) in [5.41, 5.74) is 9.34. The SMILES string of the molecule is NCC(=O)O.N[C@@H](CO)C(=O)O.O=C(O)[C@@H]1C[C@@H](O)CN1. The Morgan fingerprint density at radius 3 is 1.81 bits per heavy atom. The fraction of sp³-hybridized carbons (Fsp3) is 0.700. The molecule has 0 saturated carbocycles. The van der Waals surface area contributed by atoms with Gasteiger partial charge in [-0.05, 0) is 0 Å². The first-order chi connectivity index (χ1) is 9.65. The highest BCUT2D eigenvalue weighted by Crippen LogP contribution is 2.05. The number of hydrogen-bond donors (Lipinski definition) is 8. The molecule has 11 nitrogen and oxygen atoms in total. The third-order valence-corrected chi connectivity index (χ3v) is 2.09. The fourth-order valence-electron chi connectivity index (χ4n) is 0.983. The predicted molar refractivity (Wildman–Crippen MR) is 69.4 cm³/mol. The fourth-order valence-corrected chi connectivity index (χ4v) is 0.983. The summed E-state index contributed by atoms with van der Waals surface area (Å²) >= 11 is 0. The van der Waals surface area contributed by atoms with Crippen molar-refractivity contribution in [2.75, 3.05) is 19.7 Å². The summed E-state index contributed by atoms with van der Waals surface area (Å²) in [6, 6.07) is -1.67. The van der Waals surface area contributed by atoms with Gasteiger partial charge in [-0.25, -0.2) is 0 Å². The molecule has 0 aliphatic carbocycles. The number of nitrogens with one attached hydrogen (secondary N) is 1. The van der Waals surface area contributed by atoms with E-state index in [4.69, 9.17) is 31.3 Å². The number of carbonyl (C=O) groups is 3. The quantitative estimate of drug-likeness (QED) is 0.252. The number of carboxylic acids is 3. The van der Waals surface area contributed by atoms with Gasteiger partial charge in [0.15, 0.2) is 0 Å². The Hall–Kier alpha value is -1.79. The van der Waals surface area contributed by atoms with Crippen molar-refractivity contribution in [2.24, 2.45) is 11.5 Å². The Balaban J connectivity index is 0. The van der Waals surface area contributed by atoms with Crippen molar-refractivity contribution in [3.63, 3.8) is 0 Å². The largest absolute Gasteiger partial charge is 0.480 e. The zero-order valence-corrected chi connectivity index (χ0v) is 11.2. The zero-order chi connectivity index (χ0) is 17.0. The van der Waals surface area contributed by atoms with Crippen LogP contribution in [0.15, 0.2) is 0 Å². The van der Waals surface area contributed by atoms with Crippen LogP contribution in [0.25, 0.3) is 0 Å². The predicted octanol–water partition coefficient (Wildman–Crippen LogP) is -3.79. The van der Waals surface area contributed by atoms with E-state index in [1.165, 1.54) is 0 Å². The average molecular weight is 311 g/mol. The lowest BCUT2D eigenvalue weighted by molar-refractivity contribution is -0.140. The van der Waals surface area contributed by atoms with Gasteiger partial charge in [-0.1, -0.05) is 0 Å². The Labute approximate surface area is 120 Å². The van der Waals surface area contributed by atoms with Crippen molar-refractivity contribution >= 4 is 17.9 Å². The lowest BCUT2D eigenvalue weighted by atomic mass is 10.2. The third-order valence-electron chi connectivity index (χ3n) is 2.09. The molecule has 1 fully saturated rings. The van der Waals surface area contributed by atoms with Gasteiger partial charge in [0.25, 0.3) is 0 Å². The molecule has 0 spiro atoms. The van der Waals surface area contributed by atoms with Gasteiger partial charge in [0, 0.05) is 13.0 Å². The van der Waals surface area contributed by atoms with Crippen LogP contribution >= 0.6 is 0 Å². The van der Waals surface area contributed by atoms with Crippen molar-refractivity contribution in [1.82, 2.24) is 5.32 Å². The highest BCUT2D eigenvalue weighted by molar-refractivity contribution is 5.74. The van der Waals surface area contributed by atoms with E-state index in [0.29, 0.717) is 13.0 Å². The molecule has 3 atom stereocenters. The van der Waals surface area contributed by atoms with E-state index >= 15 is 0 Å². The summed E-state index contributed by atoms with van der Waals surface area (Å²) in [6.45, 7) is -0.383. The number of hydrogen-bond acceptors (Lipinski definition) is 8. The summed E-state index contributed by atoms with van der Waals surface area (Å²) in [4.78, 5) is 29.1.